The van der Waals surface area contributed by atoms with Crippen LogP contribution in [0.5, 0.6) is 0 Å². The number of hydrogen-bond acceptors (Lipinski definition) is 2. The van der Waals surface area contributed by atoms with Crippen LogP contribution in [0, 0.1) is 13.8 Å². The van der Waals surface area contributed by atoms with Gasteiger partial charge in [-0.2, -0.15) is 0 Å². The average Bonchev–Trinajstić information content (AvgIpc) is 2.60. The fraction of sp³-hybridized carbons (Fsp3) is 0.231. The summed E-state index contributed by atoms with van der Waals surface area (Å²) >= 11 is 0. The number of hydrogen-bond donors (Lipinski definition) is 1. The highest BCUT2D eigenvalue weighted by molar-refractivity contribution is 5.67. The molecule has 88 valence electrons. The van der Waals surface area contributed by atoms with Gasteiger partial charge in [0.25, 0.3) is 0 Å². The number of carboxylic acid groups (broad SMARTS) is 1. The SMILES string of the molecule is Cc1ccc(-c2cn(CC(=O)O)c(C)n2)cc1. The second kappa shape index (κ2) is 4.41. The third-order valence-corrected chi connectivity index (χ3v) is 2.63. The Morgan fingerprint density at radius 1 is 1.29 bits per heavy atom. The molecule has 1 N–H and O–H groups in total. The van der Waals surface area contributed by atoms with Gasteiger partial charge in [-0.1, -0.05) is 29.8 Å². The normalized spacial score (nSPS) is 10.5. The van der Waals surface area contributed by atoms with Crippen molar-refractivity contribution in [2.24, 2.45) is 0 Å². The van der Waals surface area contributed by atoms with Gasteiger partial charge in [-0.3, -0.25) is 4.79 Å². The fourth-order valence-electron chi connectivity index (χ4n) is 1.68. The first-order valence-corrected chi connectivity index (χ1v) is 5.39. The van der Waals surface area contributed by atoms with Gasteiger partial charge in [-0.25, -0.2) is 4.98 Å². The zero-order chi connectivity index (χ0) is 12.4. The smallest absolute Gasteiger partial charge is 0.323 e. The summed E-state index contributed by atoms with van der Waals surface area (Å²) in [7, 11) is 0. The van der Waals surface area contributed by atoms with Crippen LogP contribution in [0.15, 0.2) is 30.5 Å². The van der Waals surface area contributed by atoms with Crippen molar-refractivity contribution < 1.29 is 9.90 Å². The zero-order valence-corrected chi connectivity index (χ0v) is 9.84. The summed E-state index contributed by atoms with van der Waals surface area (Å²) in [5.41, 5.74) is 3.00. The van der Waals surface area contributed by atoms with Crippen molar-refractivity contribution in [1.29, 1.82) is 0 Å². The van der Waals surface area contributed by atoms with Crippen molar-refractivity contribution in [3.8, 4) is 11.3 Å². The highest BCUT2D eigenvalue weighted by Crippen LogP contribution is 2.19. The highest BCUT2D eigenvalue weighted by Gasteiger charge is 2.08. The monoisotopic (exact) mass is 230 g/mol. The Bertz CT molecular complexity index is 541. The zero-order valence-electron chi connectivity index (χ0n) is 9.84. The van der Waals surface area contributed by atoms with Gasteiger partial charge in [0.2, 0.25) is 0 Å². The Morgan fingerprint density at radius 2 is 1.94 bits per heavy atom. The van der Waals surface area contributed by atoms with Crippen molar-refractivity contribution in [2.45, 2.75) is 20.4 Å². The standard InChI is InChI=1S/C13H14N2O2/c1-9-3-5-11(6-4-9)12-7-15(8-13(16)17)10(2)14-12/h3-7H,8H2,1-2H3,(H,16,17). The summed E-state index contributed by atoms with van der Waals surface area (Å²) in [6.45, 7) is 3.78. The van der Waals surface area contributed by atoms with Crippen molar-refractivity contribution in [3.63, 3.8) is 0 Å². The van der Waals surface area contributed by atoms with Gasteiger partial charge in [0, 0.05) is 11.8 Å². The molecule has 0 bridgehead atoms. The molecule has 0 saturated heterocycles. The second-order valence-electron chi connectivity index (χ2n) is 4.06. The first-order valence-electron chi connectivity index (χ1n) is 5.39. The molecule has 4 heteroatoms. The minimum Gasteiger partial charge on any atom is -0.480 e. The molecular formula is C13H14N2O2. The molecular weight excluding hydrogens is 216 g/mol. The van der Waals surface area contributed by atoms with Crippen LogP contribution >= 0.6 is 0 Å². The van der Waals surface area contributed by atoms with Crippen molar-refractivity contribution >= 4 is 5.97 Å². The molecule has 1 aromatic heterocycles. The van der Waals surface area contributed by atoms with Crippen LogP contribution < -0.4 is 0 Å². The largest absolute Gasteiger partial charge is 0.480 e. The molecule has 0 saturated carbocycles. The minimum absolute atomic E-state index is 0.0509. The molecule has 4 nitrogen and oxygen atoms in total. The first kappa shape index (κ1) is 11.4. The van der Waals surface area contributed by atoms with Crippen molar-refractivity contribution in [3.05, 3.63) is 41.9 Å². The molecule has 0 atom stereocenters. The Labute approximate surface area is 99.5 Å². The summed E-state index contributed by atoms with van der Waals surface area (Å²) in [4.78, 5) is 15.0. The third-order valence-electron chi connectivity index (χ3n) is 2.63. The summed E-state index contributed by atoms with van der Waals surface area (Å²) in [5, 5.41) is 8.76. The Kier molecular flexibility index (Phi) is 2.95. The van der Waals surface area contributed by atoms with Gasteiger partial charge in [-0.15, -0.1) is 0 Å². The van der Waals surface area contributed by atoms with E-state index in [1.165, 1.54) is 5.56 Å². The Morgan fingerprint density at radius 3 is 2.53 bits per heavy atom. The molecule has 2 rings (SSSR count). The molecule has 0 aliphatic rings. The molecule has 0 unspecified atom stereocenters. The molecule has 0 aliphatic heterocycles. The van der Waals surface area contributed by atoms with E-state index in [4.69, 9.17) is 5.11 Å². The quantitative estimate of drug-likeness (QED) is 0.879. The van der Waals surface area contributed by atoms with E-state index < -0.39 is 5.97 Å². The summed E-state index contributed by atoms with van der Waals surface area (Å²) < 4.78 is 1.64. The molecule has 2 aromatic rings. The number of benzene rings is 1. The van der Waals surface area contributed by atoms with Crippen LogP contribution in [-0.4, -0.2) is 20.6 Å². The maximum Gasteiger partial charge on any atom is 0.323 e. The number of aryl methyl sites for hydroxylation is 2. The highest BCUT2D eigenvalue weighted by atomic mass is 16.4. The van der Waals surface area contributed by atoms with Crippen LogP contribution in [-0.2, 0) is 11.3 Å². The number of carbonyl (C=O) groups is 1. The van der Waals surface area contributed by atoms with Gasteiger partial charge in [0.1, 0.15) is 12.4 Å². The lowest BCUT2D eigenvalue weighted by Gasteiger charge is -1.98. The van der Waals surface area contributed by atoms with Crippen LogP contribution in [0.4, 0.5) is 0 Å². The number of aliphatic carboxylic acids is 1. The summed E-state index contributed by atoms with van der Waals surface area (Å²) in [5.74, 6) is -0.149. The molecule has 0 spiro atoms. The van der Waals surface area contributed by atoms with E-state index in [0.29, 0.717) is 5.82 Å². The first-order chi connectivity index (χ1) is 8.06. The average molecular weight is 230 g/mol. The predicted octanol–water partition coefficient (Wildman–Crippen LogP) is 2.25. The van der Waals surface area contributed by atoms with Crippen molar-refractivity contribution in [1.82, 2.24) is 9.55 Å². The van der Waals surface area contributed by atoms with E-state index in [1.54, 1.807) is 17.7 Å². The topological polar surface area (TPSA) is 55.1 Å². The van der Waals surface area contributed by atoms with Crippen LogP contribution in [0.3, 0.4) is 0 Å². The van der Waals surface area contributed by atoms with E-state index in [-0.39, 0.29) is 6.54 Å². The van der Waals surface area contributed by atoms with E-state index in [1.807, 2.05) is 31.2 Å². The predicted molar refractivity (Wildman–Crippen MR) is 64.8 cm³/mol. The second-order valence-corrected chi connectivity index (χ2v) is 4.06. The van der Waals surface area contributed by atoms with E-state index >= 15 is 0 Å². The maximum absolute atomic E-state index is 10.7. The Hall–Kier alpha value is -2.10. The van der Waals surface area contributed by atoms with Gasteiger partial charge in [0.15, 0.2) is 0 Å². The van der Waals surface area contributed by atoms with Crippen LogP contribution in [0.1, 0.15) is 11.4 Å². The summed E-state index contributed by atoms with van der Waals surface area (Å²) in [6.07, 6.45) is 1.77. The molecule has 0 aliphatic carbocycles. The maximum atomic E-state index is 10.7. The molecule has 0 radical (unpaired) electrons. The number of aromatic nitrogens is 2. The molecule has 0 amide bonds. The van der Waals surface area contributed by atoms with Crippen LogP contribution in [0.2, 0.25) is 0 Å². The van der Waals surface area contributed by atoms with Gasteiger partial charge < -0.3 is 9.67 Å². The van der Waals surface area contributed by atoms with E-state index in [0.717, 1.165) is 11.3 Å². The van der Waals surface area contributed by atoms with Crippen LogP contribution in [0.25, 0.3) is 11.3 Å². The molecule has 0 fully saturated rings. The van der Waals surface area contributed by atoms with Crippen molar-refractivity contribution in [2.75, 3.05) is 0 Å². The number of rotatable bonds is 3. The Balaban J connectivity index is 2.34. The van der Waals surface area contributed by atoms with Gasteiger partial charge >= 0.3 is 5.97 Å². The molecule has 1 aromatic carbocycles. The number of nitrogens with zero attached hydrogens (tertiary/aromatic N) is 2. The third kappa shape index (κ3) is 2.53. The lowest BCUT2D eigenvalue weighted by Crippen LogP contribution is -2.08. The molecule has 17 heavy (non-hydrogen) atoms. The van der Waals surface area contributed by atoms with Gasteiger partial charge in [-0.05, 0) is 13.8 Å². The van der Waals surface area contributed by atoms with E-state index in [9.17, 15) is 4.79 Å². The number of carboxylic acids is 1. The minimum atomic E-state index is -0.860. The lowest BCUT2D eigenvalue weighted by molar-refractivity contribution is -0.137. The number of imidazole rings is 1. The summed E-state index contributed by atoms with van der Waals surface area (Å²) in [6, 6.07) is 8.01. The molecule has 1 heterocycles. The van der Waals surface area contributed by atoms with Gasteiger partial charge in [0.05, 0.1) is 5.69 Å². The lowest BCUT2D eigenvalue weighted by atomic mass is 10.1. The van der Waals surface area contributed by atoms with E-state index in [2.05, 4.69) is 4.98 Å². The fourth-order valence-corrected chi connectivity index (χ4v) is 1.68.